The van der Waals surface area contributed by atoms with Crippen molar-refractivity contribution in [3.05, 3.63) is 42.0 Å². The Morgan fingerprint density at radius 2 is 1.87 bits per heavy atom. The Labute approximate surface area is 142 Å². The van der Waals surface area contributed by atoms with Gasteiger partial charge in [-0.3, -0.25) is 4.90 Å². The molecule has 2 heteroatoms. The Morgan fingerprint density at radius 1 is 1.13 bits per heavy atom. The molecule has 23 heavy (non-hydrogen) atoms. The number of rotatable bonds is 3. The average Bonchev–Trinajstić information content (AvgIpc) is 2.53. The fraction of sp³-hybridized carbons (Fsp3) is 0.619. The maximum absolute atomic E-state index is 4.28. The number of piperazine rings is 1. The van der Waals surface area contributed by atoms with Crippen LogP contribution in [0.15, 0.2) is 36.4 Å². The van der Waals surface area contributed by atoms with E-state index in [0.717, 1.165) is 24.9 Å². The van der Waals surface area contributed by atoms with Crippen molar-refractivity contribution in [3.8, 4) is 0 Å². The summed E-state index contributed by atoms with van der Waals surface area (Å²) in [5.41, 5.74) is 4.21. The van der Waals surface area contributed by atoms with Crippen molar-refractivity contribution in [2.45, 2.75) is 46.1 Å². The zero-order chi connectivity index (χ0) is 16.4. The van der Waals surface area contributed by atoms with E-state index in [9.17, 15) is 0 Å². The van der Waals surface area contributed by atoms with Crippen LogP contribution in [-0.2, 0) is 0 Å². The molecule has 1 aromatic carbocycles. The van der Waals surface area contributed by atoms with Gasteiger partial charge in [0.25, 0.3) is 0 Å². The van der Waals surface area contributed by atoms with Gasteiger partial charge in [-0.15, -0.1) is 0 Å². The van der Waals surface area contributed by atoms with Crippen LogP contribution in [0.4, 0.5) is 5.69 Å². The number of aryl methyl sites for hydroxylation is 1. The molecule has 0 aromatic heterocycles. The predicted octanol–water partition coefficient (Wildman–Crippen LogP) is 4.50. The van der Waals surface area contributed by atoms with E-state index in [2.05, 4.69) is 61.4 Å². The normalized spacial score (nSPS) is 28.0. The highest BCUT2D eigenvalue weighted by Gasteiger charge is 2.30. The molecule has 1 aromatic rings. The van der Waals surface area contributed by atoms with Gasteiger partial charge in [0.2, 0.25) is 0 Å². The fourth-order valence-corrected chi connectivity index (χ4v) is 4.51. The van der Waals surface area contributed by atoms with E-state index < -0.39 is 0 Å². The fourth-order valence-electron chi connectivity index (χ4n) is 4.51. The highest BCUT2D eigenvalue weighted by Crippen LogP contribution is 2.35. The van der Waals surface area contributed by atoms with Crippen molar-refractivity contribution < 1.29 is 0 Å². The van der Waals surface area contributed by atoms with E-state index in [-0.39, 0.29) is 0 Å². The molecule has 0 bridgehead atoms. The number of allylic oxidation sites excluding steroid dienone is 1. The molecule has 3 unspecified atom stereocenters. The van der Waals surface area contributed by atoms with Crippen LogP contribution in [0.2, 0.25) is 0 Å². The lowest BCUT2D eigenvalue weighted by Crippen LogP contribution is -2.52. The molecular weight excluding hydrogens is 280 g/mol. The molecule has 1 heterocycles. The third-order valence-corrected chi connectivity index (χ3v) is 5.83. The van der Waals surface area contributed by atoms with E-state index >= 15 is 0 Å². The van der Waals surface area contributed by atoms with E-state index in [4.69, 9.17) is 0 Å². The molecule has 3 rings (SSSR count). The molecule has 1 saturated heterocycles. The molecule has 0 radical (unpaired) electrons. The first kappa shape index (κ1) is 16.6. The second-order valence-corrected chi connectivity index (χ2v) is 7.86. The van der Waals surface area contributed by atoms with E-state index in [1.54, 1.807) is 0 Å². The third-order valence-electron chi connectivity index (χ3n) is 5.83. The molecule has 0 spiro atoms. The van der Waals surface area contributed by atoms with Gasteiger partial charge in [-0.1, -0.05) is 31.2 Å². The van der Waals surface area contributed by atoms with Crippen LogP contribution in [0.25, 0.3) is 0 Å². The zero-order valence-corrected chi connectivity index (χ0v) is 15.1. The Bertz CT molecular complexity index is 543. The first-order valence-corrected chi connectivity index (χ1v) is 9.25. The minimum absolute atomic E-state index is 0.689. The lowest BCUT2D eigenvalue weighted by Gasteiger charge is -2.43. The quantitative estimate of drug-likeness (QED) is 0.758. The van der Waals surface area contributed by atoms with Gasteiger partial charge in [0.15, 0.2) is 0 Å². The Morgan fingerprint density at radius 3 is 2.52 bits per heavy atom. The molecule has 2 aliphatic rings. The van der Waals surface area contributed by atoms with Crippen LogP contribution >= 0.6 is 0 Å². The summed E-state index contributed by atoms with van der Waals surface area (Å²) in [7, 11) is 0. The largest absolute Gasteiger partial charge is 0.369 e. The summed E-state index contributed by atoms with van der Waals surface area (Å²) in [6.07, 6.45) is 3.85. The lowest BCUT2D eigenvalue weighted by atomic mass is 9.76. The topological polar surface area (TPSA) is 6.48 Å². The van der Waals surface area contributed by atoms with Gasteiger partial charge in [-0.2, -0.15) is 0 Å². The maximum Gasteiger partial charge on any atom is 0.0369 e. The summed E-state index contributed by atoms with van der Waals surface area (Å²) in [6.45, 7) is 16.0. The lowest BCUT2D eigenvalue weighted by molar-refractivity contribution is 0.122. The molecule has 0 amide bonds. The molecule has 2 fully saturated rings. The second-order valence-electron chi connectivity index (χ2n) is 7.86. The van der Waals surface area contributed by atoms with E-state index in [1.807, 2.05) is 0 Å². The van der Waals surface area contributed by atoms with Crippen LogP contribution in [0, 0.1) is 18.8 Å². The first-order valence-electron chi connectivity index (χ1n) is 9.25. The van der Waals surface area contributed by atoms with Crippen molar-refractivity contribution in [1.29, 1.82) is 0 Å². The van der Waals surface area contributed by atoms with E-state index in [1.165, 1.54) is 49.2 Å². The molecule has 1 saturated carbocycles. The maximum atomic E-state index is 4.28. The predicted molar refractivity (Wildman–Crippen MR) is 100 cm³/mol. The number of benzene rings is 1. The standard InChI is InChI=1S/C21H32N2/c1-16-6-5-7-21(15-16)23-10-8-22(9-11-23)19(4)20-13-17(2)12-18(3)14-20/h5-7,15,18-20H,2,8-14H2,1,3-4H3. The van der Waals surface area contributed by atoms with Crippen molar-refractivity contribution in [3.63, 3.8) is 0 Å². The number of hydrogen-bond donors (Lipinski definition) is 0. The van der Waals surface area contributed by atoms with Gasteiger partial charge in [0.05, 0.1) is 0 Å². The zero-order valence-electron chi connectivity index (χ0n) is 15.1. The molecular formula is C21H32N2. The second kappa shape index (κ2) is 7.09. The average molecular weight is 313 g/mol. The number of hydrogen-bond acceptors (Lipinski definition) is 2. The number of anilines is 1. The molecule has 3 atom stereocenters. The first-order chi connectivity index (χ1) is 11.0. The van der Waals surface area contributed by atoms with Crippen molar-refractivity contribution >= 4 is 5.69 Å². The summed E-state index contributed by atoms with van der Waals surface area (Å²) in [4.78, 5) is 5.25. The van der Waals surface area contributed by atoms with Gasteiger partial charge in [0, 0.05) is 37.9 Å². The molecule has 2 nitrogen and oxygen atoms in total. The van der Waals surface area contributed by atoms with Gasteiger partial charge in [-0.05, 0) is 62.6 Å². The van der Waals surface area contributed by atoms with Crippen LogP contribution in [0.5, 0.6) is 0 Å². The molecule has 1 aliphatic carbocycles. The number of nitrogens with zero attached hydrogens (tertiary/aromatic N) is 2. The van der Waals surface area contributed by atoms with Crippen molar-refractivity contribution in [2.75, 3.05) is 31.1 Å². The summed E-state index contributed by atoms with van der Waals surface area (Å²) < 4.78 is 0. The van der Waals surface area contributed by atoms with Crippen molar-refractivity contribution in [2.24, 2.45) is 11.8 Å². The summed E-state index contributed by atoms with van der Waals surface area (Å²) in [6, 6.07) is 9.60. The molecule has 126 valence electrons. The summed E-state index contributed by atoms with van der Waals surface area (Å²) in [5.74, 6) is 1.62. The highest BCUT2D eigenvalue weighted by atomic mass is 15.3. The Balaban J connectivity index is 1.57. The van der Waals surface area contributed by atoms with E-state index in [0.29, 0.717) is 6.04 Å². The van der Waals surface area contributed by atoms with Gasteiger partial charge < -0.3 is 4.90 Å². The Kier molecular flexibility index (Phi) is 5.11. The van der Waals surface area contributed by atoms with Gasteiger partial charge in [0.1, 0.15) is 0 Å². The van der Waals surface area contributed by atoms with Crippen LogP contribution in [-0.4, -0.2) is 37.1 Å². The minimum atomic E-state index is 0.689. The van der Waals surface area contributed by atoms with Crippen molar-refractivity contribution in [1.82, 2.24) is 4.90 Å². The highest BCUT2D eigenvalue weighted by molar-refractivity contribution is 5.48. The van der Waals surface area contributed by atoms with Crippen LogP contribution in [0.3, 0.4) is 0 Å². The van der Waals surface area contributed by atoms with Gasteiger partial charge >= 0.3 is 0 Å². The minimum Gasteiger partial charge on any atom is -0.369 e. The molecule has 0 N–H and O–H groups in total. The SMILES string of the molecule is C=C1CC(C)CC(C(C)N2CCN(c3cccc(C)c3)CC2)C1. The third kappa shape index (κ3) is 3.98. The molecule has 1 aliphatic heterocycles. The van der Waals surface area contributed by atoms with Crippen LogP contribution in [0.1, 0.15) is 38.7 Å². The van der Waals surface area contributed by atoms with Gasteiger partial charge in [-0.25, -0.2) is 0 Å². The summed E-state index contributed by atoms with van der Waals surface area (Å²) in [5, 5.41) is 0. The Hall–Kier alpha value is -1.28. The summed E-state index contributed by atoms with van der Waals surface area (Å²) >= 11 is 0. The van der Waals surface area contributed by atoms with Crippen LogP contribution < -0.4 is 4.90 Å². The monoisotopic (exact) mass is 312 g/mol. The smallest absolute Gasteiger partial charge is 0.0369 e.